The van der Waals surface area contributed by atoms with Crippen LogP contribution in [0.5, 0.6) is 5.88 Å². The van der Waals surface area contributed by atoms with Crippen molar-refractivity contribution in [2.24, 2.45) is 0 Å². The van der Waals surface area contributed by atoms with Crippen LogP contribution in [0, 0.1) is 13.8 Å². The van der Waals surface area contributed by atoms with Crippen molar-refractivity contribution in [3.05, 3.63) is 17.1 Å². The number of carbonyl (C=O) groups excluding carboxylic acids is 1. The van der Waals surface area contributed by atoms with Crippen molar-refractivity contribution in [1.29, 1.82) is 0 Å². The Morgan fingerprint density at radius 3 is 2.44 bits per heavy atom. The number of ether oxygens (including phenoxy) is 2. The molecule has 0 radical (unpaired) electrons. The summed E-state index contributed by atoms with van der Waals surface area (Å²) < 4.78 is 33.7. The summed E-state index contributed by atoms with van der Waals surface area (Å²) in [6, 6.07) is 0. The van der Waals surface area contributed by atoms with Gasteiger partial charge in [0, 0.05) is 30.6 Å². The van der Waals surface area contributed by atoms with E-state index in [1.165, 1.54) is 0 Å². The van der Waals surface area contributed by atoms with Crippen LogP contribution in [0.25, 0.3) is 0 Å². The molecule has 1 saturated heterocycles. The molecule has 0 spiro atoms. The van der Waals surface area contributed by atoms with Gasteiger partial charge in [-0.2, -0.15) is 4.98 Å². The maximum atomic E-state index is 12.2. The standard InChI is InChI=1S/C15H24N4O5S/c1-9-6-19(7-10(2)23-9)18-15(20)24-14-11(3)12(4)16-13(17-14)8-25(5,21)22/h9-10H,6-8H2,1-5H3,(H,18,20). The summed E-state index contributed by atoms with van der Waals surface area (Å²) in [5.74, 6) is -0.162. The molecule has 9 nitrogen and oxygen atoms in total. The predicted molar refractivity (Wildman–Crippen MR) is 90.8 cm³/mol. The minimum Gasteiger partial charge on any atom is -0.390 e. The van der Waals surface area contributed by atoms with Crippen molar-refractivity contribution in [2.75, 3.05) is 19.3 Å². The van der Waals surface area contributed by atoms with E-state index in [0.717, 1.165) is 6.26 Å². The molecular formula is C15H24N4O5S. The number of carbonyl (C=O) groups is 1. The average Bonchev–Trinajstić information content (AvgIpc) is 2.41. The summed E-state index contributed by atoms with van der Waals surface area (Å²) in [5, 5.41) is 1.72. The van der Waals surface area contributed by atoms with Crippen molar-refractivity contribution in [3.8, 4) is 5.88 Å². The molecule has 1 aromatic heterocycles. The third-order valence-corrected chi connectivity index (χ3v) is 4.42. The maximum absolute atomic E-state index is 12.2. The number of rotatable bonds is 4. The van der Waals surface area contributed by atoms with Gasteiger partial charge in [-0.15, -0.1) is 0 Å². The van der Waals surface area contributed by atoms with E-state index < -0.39 is 15.9 Å². The van der Waals surface area contributed by atoms with Gasteiger partial charge in [0.25, 0.3) is 0 Å². The number of hydrogen-bond donors (Lipinski definition) is 1. The summed E-state index contributed by atoms with van der Waals surface area (Å²) in [6.45, 7) is 8.34. The van der Waals surface area contributed by atoms with Crippen LogP contribution in [-0.4, -0.2) is 61.0 Å². The Labute approximate surface area is 147 Å². The Morgan fingerprint density at radius 1 is 1.28 bits per heavy atom. The summed E-state index contributed by atoms with van der Waals surface area (Å²) in [4.78, 5) is 20.4. The largest absolute Gasteiger partial charge is 0.428 e. The highest BCUT2D eigenvalue weighted by atomic mass is 32.2. The smallest absolute Gasteiger partial charge is 0.390 e. The Kier molecular flexibility index (Phi) is 5.96. The second-order valence-electron chi connectivity index (χ2n) is 6.39. The van der Waals surface area contributed by atoms with Crippen molar-refractivity contribution in [1.82, 2.24) is 20.4 Å². The van der Waals surface area contributed by atoms with Gasteiger partial charge < -0.3 is 9.47 Å². The van der Waals surface area contributed by atoms with Crippen LogP contribution in [0.2, 0.25) is 0 Å². The highest BCUT2D eigenvalue weighted by molar-refractivity contribution is 7.89. The van der Waals surface area contributed by atoms with Crippen molar-refractivity contribution in [2.45, 2.75) is 45.7 Å². The first-order valence-corrected chi connectivity index (χ1v) is 10.00. The molecule has 1 aliphatic heterocycles. The van der Waals surface area contributed by atoms with E-state index in [-0.39, 0.29) is 29.7 Å². The number of aryl methyl sites for hydroxylation is 1. The van der Waals surface area contributed by atoms with Crippen molar-refractivity contribution in [3.63, 3.8) is 0 Å². The number of amides is 1. The molecule has 2 atom stereocenters. The van der Waals surface area contributed by atoms with E-state index in [1.54, 1.807) is 18.9 Å². The van der Waals surface area contributed by atoms with E-state index in [9.17, 15) is 13.2 Å². The number of morpholine rings is 1. The lowest BCUT2D eigenvalue weighted by atomic mass is 10.2. The van der Waals surface area contributed by atoms with E-state index in [1.807, 2.05) is 13.8 Å². The maximum Gasteiger partial charge on any atom is 0.428 e. The first kappa shape index (κ1) is 19.5. The molecule has 10 heteroatoms. The molecule has 2 heterocycles. The highest BCUT2D eigenvalue weighted by Gasteiger charge is 2.24. The molecule has 0 aromatic carbocycles. The molecule has 1 amide bonds. The molecule has 2 unspecified atom stereocenters. The second-order valence-corrected chi connectivity index (χ2v) is 8.53. The topological polar surface area (TPSA) is 111 Å². The van der Waals surface area contributed by atoms with Crippen LogP contribution >= 0.6 is 0 Å². The Morgan fingerprint density at radius 2 is 1.88 bits per heavy atom. The average molecular weight is 372 g/mol. The molecule has 0 saturated carbocycles. The fourth-order valence-electron chi connectivity index (χ4n) is 2.57. The molecule has 140 valence electrons. The number of sulfone groups is 1. The normalized spacial score (nSPS) is 21.8. The van der Waals surface area contributed by atoms with E-state index >= 15 is 0 Å². The van der Waals surface area contributed by atoms with Crippen LogP contribution in [-0.2, 0) is 20.3 Å². The van der Waals surface area contributed by atoms with Gasteiger partial charge in [0.15, 0.2) is 9.84 Å². The predicted octanol–water partition coefficient (Wildman–Crippen LogP) is 0.751. The van der Waals surface area contributed by atoms with Gasteiger partial charge >= 0.3 is 6.09 Å². The van der Waals surface area contributed by atoms with Gasteiger partial charge in [0.1, 0.15) is 11.6 Å². The van der Waals surface area contributed by atoms with Crippen LogP contribution in [0.3, 0.4) is 0 Å². The van der Waals surface area contributed by atoms with Crippen LogP contribution in [0.1, 0.15) is 30.9 Å². The first-order valence-electron chi connectivity index (χ1n) is 7.94. The van der Waals surface area contributed by atoms with Gasteiger partial charge in [-0.05, 0) is 27.7 Å². The highest BCUT2D eigenvalue weighted by Crippen LogP contribution is 2.18. The Balaban J connectivity index is 2.09. The Bertz CT molecular complexity index is 743. The molecular weight excluding hydrogens is 348 g/mol. The monoisotopic (exact) mass is 372 g/mol. The van der Waals surface area contributed by atoms with Gasteiger partial charge in [0.05, 0.1) is 12.2 Å². The van der Waals surface area contributed by atoms with Crippen molar-refractivity contribution < 1.29 is 22.7 Å². The lowest BCUT2D eigenvalue weighted by molar-refractivity contribution is -0.0802. The van der Waals surface area contributed by atoms with E-state index in [2.05, 4.69) is 15.4 Å². The molecule has 0 bridgehead atoms. The number of aromatic nitrogens is 2. The second kappa shape index (κ2) is 7.63. The van der Waals surface area contributed by atoms with Crippen LogP contribution in [0.4, 0.5) is 4.79 Å². The number of nitrogens with one attached hydrogen (secondary N) is 1. The van der Waals surface area contributed by atoms with Gasteiger partial charge in [-0.25, -0.2) is 23.2 Å². The zero-order valence-electron chi connectivity index (χ0n) is 15.1. The summed E-state index contributed by atoms with van der Waals surface area (Å²) >= 11 is 0. The molecule has 0 aliphatic carbocycles. The third-order valence-electron chi connectivity index (χ3n) is 3.64. The zero-order chi connectivity index (χ0) is 18.8. The quantitative estimate of drug-likeness (QED) is 0.824. The number of nitrogens with zero attached hydrogens (tertiary/aromatic N) is 3. The minimum absolute atomic E-state index is 0.00607. The molecule has 1 fully saturated rings. The Hall–Kier alpha value is -1.78. The fourth-order valence-corrected chi connectivity index (χ4v) is 3.16. The zero-order valence-corrected chi connectivity index (χ0v) is 15.9. The number of hydrogen-bond acceptors (Lipinski definition) is 8. The molecule has 1 aromatic rings. The van der Waals surface area contributed by atoms with E-state index in [0.29, 0.717) is 24.3 Å². The lowest BCUT2D eigenvalue weighted by Gasteiger charge is -2.34. The van der Waals surface area contributed by atoms with Crippen LogP contribution < -0.4 is 10.2 Å². The SMILES string of the molecule is Cc1nc(CS(C)(=O)=O)nc(OC(=O)NN2CC(C)OC(C)C2)c1C. The first-order chi connectivity index (χ1) is 11.5. The van der Waals surface area contributed by atoms with Crippen LogP contribution in [0.15, 0.2) is 0 Å². The van der Waals surface area contributed by atoms with E-state index in [4.69, 9.17) is 9.47 Å². The van der Waals surface area contributed by atoms with Gasteiger partial charge in [0.2, 0.25) is 5.88 Å². The number of hydrazine groups is 1. The molecule has 1 aliphatic rings. The molecule has 25 heavy (non-hydrogen) atoms. The van der Waals surface area contributed by atoms with Gasteiger partial charge in [-0.3, -0.25) is 5.43 Å². The minimum atomic E-state index is -3.29. The van der Waals surface area contributed by atoms with Gasteiger partial charge in [-0.1, -0.05) is 0 Å². The lowest BCUT2D eigenvalue weighted by Crippen LogP contribution is -2.54. The summed E-state index contributed by atoms with van der Waals surface area (Å²) in [7, 11) is -3.29. The molecule has 1 N–H and O–H groups in total. The third kappa shape index (κ3) is 5.91. The molecule has 2 rings (SSSR count). The van der Waals surface area contributed by atoms with Crippen molar-refractivity contribution >= 4 is 15.9 Å². The fraction of sp³-hybridized carbons (Fsp3) is 0.667. The summed E-state index contributed by atoms with van der Waals surface area (Å²) in [6.07, 6.45) is 0.397. The summed E-state index contributed by atoms with van der Waals surface area (Å²) in [5.41, 5.74) is 3.80.